The molecule has 1 N–H and O–H groups in total. The molecule has 0 amide bonds. The van der Waals surface area contributed by atoms with Gasteiger partial charge in [0, 0.05) is 12.7 Å². The molecule has 0 radical (unpaired) electrons. The summed E-state index contributed by atoms with van der Waals surface area (Å²) in [5.74, 6) is 0.0108. The lowest BCUT2D eigenvalue weighted by atomic mass is 10.1. The highest BCUT2D eigenvalue weighted by Gasteiger charge is 2.12. The zero-order valence-corrected chi connectivity index (χ0v) is 10.5. The highest BCUT2D eigenvalue weighted by atomic mass is 19.1. The van der Waals surface area contributed by atoms with Gasteiger partial charge < -0.3 is 10.0 Å². The first-order chi connectivity index (χ1) is 8.58. The monoisotopic (exact) mass is 245 g/mol. The predicted octanol–water partition coefficient (Wildman–Crippen LogP) is 3.73. The summed E-state index contributed by atoms with van der Waals surface area (Å²) in [6, 6.07) is 13.7. The van der Waals surface area contributed by atoms with Gasteiger partial charge in [0.05, 0.1) is 6.04 Å². The van der Waals surface area contributed by atoms with E-state index in [0.29, 0.717) is 0 Å². The van der Waals surface area contributed by atoms with E-state index < -0.39 is 0 Å². The molecule has 2 rings (SSSR count). The summed E-state index contributed by atoms with van der Waals surface area (Å²) in [6.07, 6.45) is 0. The molecule has 2 aromatic rings. The SMILES string of the molecule is CC(c1ccc(O)cc1)N(C)c1cccc(F)c1. The molecule has 0 saturated heterocycles. The smallest absolute Gasteiger partial charge is 0.125 e. The second kappa shape index (κ2) is 5.08. The van der Waals surface area contributed by atoms with E-state index >= 15 is 0 Å². The van der Waals surface area contributed by atoms with Crippen molar-refractivity contribution < 1.29 is 9.50 Å². The number of halogens is 1. The zero-order chi connectivity index (χ0) is 13.1. The van der Waals surface area contributed by atoms with Crippen LogP contribution in [0.4, 0.5) is 10.1 Å². The summed E-state index contributed by atoms with van der Waals surface area (Å²) in [5, 5.41) is 9.27. The molecule has 0 fully saturated rings. The molecular formula is C15H16FNO. The first-order valence-electron chi connectivity index (χ1n) is 5.85. The summed E-state index contributed by atoms with van der Waals surface area (Å²) >= 11 is 0. The van der Waals surface area contributed by atoms with Gasteiger partial charge in [0.25, 0.3) is 0 Å². The summed E-state index contributed by atoms with van der Waals surface area (Å²) in [5.41, 5.74) is 1.90. The van der Waals surface area contributed by atoms with Crippen LogP contribution in [0, 0.1) is 5.82 Å². The lowest BCUT2D eigenvalue weighted by Crippen LogP contribution is -2.21. The van der Waals surface area contributed by atoms with Crippen LogP contribution < -0.4 is 4.90 Å². The fourth-order valence-corrected chi connectivity index (χ4v) is 1.90. The minimum Gasteiger partial charge on any atom is -0.508 e. The number of aromatic hydroxyl groups is 1. The van der Waals surface area contributed by atoms with Gasteiger partial charge in [-0.2, -0.15) is 0 Å². The van der Waals surface area contributed by atoms with Gasteiger partial charge in [-0.25, -0.2) is 4.39 Å². The third-order valence-electron chi connectivity index (χ3n) is 3.17. The van der Waals surface area contributed by atoms with E-state index in [1.54, 1.807) is 18.2 Å². The number of hydrogen-bond donors (Lipinski definition) is 1. The van der Waals surface area contributed by atoms with Crippen molar-refractivity contribution in [3.63, 3.8) is 0 Å². The molecule has 2 aromatic carbocycles. The average molecular weight is 245 g/mol. The number of benzene rings is 2. The molecule has 3 heteroatoms. The minimum absolute atomic E-state index is 0.104. The molecule has 0 saturated carbocycles. The number of anilines is 1. The molecule has 1 unspecified atom stereocenters. The first-order valence-corrected chi connectivity index (χ1v) is 5.85. The summed E-state index contributed by atoms with van der Waals surface area (Å²) in [6.45, 7) is 2.04. The van der Waals surface area contributed by atoms with Crippen molar-refractivity contribution in [1.29, 1.82) is 0 Å². The van der Waals surface area contributed by atoms with Crippen LogP contribution in [0.15, 0.2) is 48.5 Å². The van der Waals surface area contributed by atoms with Crippen LogP contribution in [-0.4, -0.2) is 12.2 Å². The molecule has 0 heterocycles. The van der Waals surface area contributed by atoms with E-state index in [9.17, 15) is 9.50 Å². The molecule has 18 heavy (non-hydrogen) atoms. The van der Waals surface area contributed by atoms with Crippen molar-refractivity contribution in [2.45, 2.75) is 13.0 Å². The van der Waals surface area contributed by atoms with E-state index in [4.69, 9.17) is 0 Å². The molecule has 0 aromatic heterocycles. The number of phenolic OH excluding ortho intramolecular Hbond substituents is 1. The molecule has 0 aliphatic carbocycles. The van der Waals surface area contributed by atoms with Crippen molar-refractivity contribution in [2.75, 3.05) is 11.9 Å². The van der Waals surface area contributed by atoms with Crippen LogP contribution in [0.25, 0.3) is 0 Å². The van der Waals surface area contributed by atoms with E-state index in [-0.39, 0.29) is 17.6 Å². The predicted molar refractivity (Wildman–Crippen MR) is 71.3 cm³/mol. The van der Waals surface area contributed by atoms with Crippen LogP contribution in [0.1, 0.15) is 18.5 Å². The molecule has 2 nitrogen and oxygen atoms in total. The summed E-state index contributed by atoms with van der Waals surface area (Å²) in [4.78, 5) is 2.00. The fraction of sp³-hybridized carbons (Fsp3) is 0.200. The second-order valence-electron chi connectivity index (χ2n) is 4.36. The van der Waals surface area contributed by atoms with Gasteiger partial charge in [-0.05, 0) is 42.8 Å². The Kier molecular flexibility index (Phi) is 3.51. The Morgan fingerprint density at radius 1 is 1.11 bits per heavy atom. The van der Waals surface area contributed by atoms with Crippen LogP contribution in [0.5, 0.6) is 5.75 Å². The highest BCUT2D eigenvalue weighted by Crippen LogP contribution is 2.26. The van der Waals surface area contributed by atoms with Crippen molar-refractivity contribution >= 4 is 5.69 Å². The van der Waals surface area contributed by atoms with Gasteiger partial charge in [0.15, 0.2) is 0 Å². The maximum atomic E-state index is 13.2. The number of phenols is 1. The van der Waals surface area contributed by atoms with Gasteiger partial charge in [-0.3, -0.25) is 0 Å². The Morgan fingerprint density at radius 2 is 1.78 bits per heavy atom. The normalized spacial score (nSPS) is 12.2. The first kappa shape index (κ1) is 12.4. The second-order valence-corrected chi connectivity index (χ2v) is 4.36. The number of hydrogen-bond acceptors (Lipinski definition) is 2. The Labute approximate surface area is 106 Å². The van der Waals surface area contributed by atoms with E-state index in [2.05, 4.69) is 0 Å². The van der Waals surface area contributed by atoms with Gasteiger partial charge in [0.2, 0.25) is 0 Å². The van der Waals surface area contributed by atoms with Gasteiger partial charge in [-0.1, -0.05) is 18.2 Å². The van der Waals surface area contributed by atoms with Crippen LogP contribution in [0.2, 0.25) is 0 Å². The molecular weight excluding hydrogens is 229 g/mol. The quantitative estimate of drug-likeness (QED) is 0.890. The molecule has 1 atom stereocenters. The van der Waals surface area contributed by atoms with E-state index in [1.807, 2.05) is 37.1 Å². The van der Waals surface area contributed by atoms with Crippen molar-refractivity contribution in [3.05, 3.63) is 59.9 Å². The van der Waals surface area contributed by atoms with Gasteiger partial charge in [0.1, 0.15) is 11.6 Å². The molecule has 94 valence electrons. The maximum Gasteiger partial charge on any atom is 0.125 e. The van der Waals surface area contributed by atoms with Crippen LogP contribution >= 0.6 is 0 Å². The molecule has 0 bridgehead atoms. The lowest BCUT2D eigenvalue weighted by molar-refractivity contribution is 0.475. The van der Waals surface area contributed by atoms with E-state index in [1.165, 1.54) is 12.1 Å². The standard InChI is InChI=1S/C15H16FNO/c1-11(12-6-8-15(18)9-7-12)17(2)14-5-3-4-13(16)10-14/h3-11,18H,1-2H3. The Morgan fingerprint density at radius 3 is 2.39 bits per heavy atom. The Bertz CT molecular complexity index is 524. The third-order valence-corrected chi connectivity index (χ3v) is 3.17. The van der Waals surface area contributed by atoms with E-state index in [0.717, 1.165) is 11.3 Å². The topological polar surface area (TPSA) is 23.5 Å². The Hall–Kier alpha value is -2.03. The zero-order valence-electron chi connectivity index (χ0n) is 10.5. The van der Waals surface area contributed by atoms with Gasteiger partial charge in [-0.15, -0.1) is 0 Å². The average Bonchev–Trinajstić information content (AvgIpc) is 2.38. The molecule has 0 aliphatic heterocycles. The van der Waals surface area contributed by atoms with Crippen LogP contribution in [-0.2, 0) is 0 Å². The summed E-state index contributed by atoms with van der Waals surface area (Å²) in [7, 11) is 1.92. The maximum absolute atomic E-state index is 13.2. The van der Waals surface area contributed by atoms with Crippen LogP contribution in [0.3, 0.4) is 0 Å². The minimum atomic E-state index is -0.239. The molecule has 0 spiro atoms. The highest BCUT2D eigenvalue weighted by molar-refractivity contribution is 5.48. The molecule has 0 aliphatic rings. The summed E-state index contributed by atoms with van der Waals surface area (Å²) < 4.78 is 13.2. The van der Waals surface area contributed by atoms with Gasteiger partial charge >= 0.3 is 0 Å². The largest absolute Gasteiger partial charge is 0.508 e. The van der Waals surface area contributed by atoms with Crippen molar-refractivity contribution in [3.8, 4) is 5.75 Å². The van der Waals surface area contributed by atoms with Crippen molar-refractivity contribution in [1.82, 2.24) is 0 Å². The lowest BCUT2D eigenvalue weighted by Gasteiger charge is -2.27. The number of nitrogens with zero attached hydrogens (tertiary/aromatic N) is 1. The fourth-order valence-electron chi connectivity index (χ4n) is 1.90. The number of rotatable bonds is 3. The van der Waals surface area contributed by atoms with Crippen molar-refractivity contribution in [2.24, 2.45) is 0 Å². The Balaban J connectivity index is 2.23. The third kappa shape index (κ3) is 2.62.